The number of carboxylic acids is 2. The molecule has 0 radical (unpaired) electrons. The molecule has 33 heavy (non-hydrogen) atoms. The molecule has 1 aromatic heterocycles. The predicted octanol–water partition coefficient (Wildman–Crippen LogP) is 3.05. The number of ketones is 1. The number of pyridine rings is 1. The Morgan fingerprint density at radius 1 is 1.06 bits per heavy atom. The summed E-state index contributed by atoms with van der Waals surface area (Å²) in [6, 6.07) is 4.94. The van der Waals surface area contributed by atoms with E-state index in [2.05, 4.69) is 28.2 Å². The van der Waals surface area contributed by atoms with E-state index in [0.717, 1.165) is 31.7 Å². The van der Waals surface area contributed by atoms with Crippen molar-refractivity contribution in [2.45, 2.75) is 57.5 Å². The number of hydrogen-bond acceptors (Lipinski definition) is 6. The molecule has 1 saturated heterocycles. The van der Waals surface area contributed by atoms with Gasteiger partial charge in [-0.15, -0.1) is 0 Å². The summed E-state index contributed by atoms with van der Waals surface area (Å²) in [7, 11) is 0. The molecule has 3 N–H and O–H groups in total. The summed E-state index contributed by atoms with van der Waals surface area (Å²) >= 11 is 0. The number of fused-ring (bicyclic) bond motifs is 3. The van der Waals surface area contributed by atoms with E-state index in [9.17, 15) is 31.1 Å². The van der Waals surface area contributed by atoms with E-state index in [1.54, 1.807) is 0 Å². The van der Waals surface area contributed by atoms with Crippen molar-refractivity contribution in [3.63, 3.8) is 0 Å². The molecule has 0 spiro atoms. The lowest BCUT2D eigenvalue weighted by atomic mass is 10.1. The maximum absolute atomic E-state index is 12.0. The number of Topliss-reactive ketones (excluding diaryl/α,β-unsaturated/α-hetero) is 1. The summed E-state index contributed by atoms with van der Waals surface area (Å²) in [5, 5.41) is 17.7. The van der Waals surface area contributed by atoms with Crippen molar-refractivity contribution in [3.05, 3.63) is 23.4 Å². The SMILES string of the molecule is CCCC(=O)c1ccc2c(n1)N1[C@@H](CNC[C@H]1C)C2.O=C(O)C(F)(F)F.O=C(O)C(F)(F)F. The van der Waals surface area contributed by atoms with Gasteiger partial charge in [0.05, 0.1) is 0 Å². The number of carbonyl (C=O) groups is 3. The number of aliphatic carboxylic acids is 2. The normalized spacial score (nSPS) is 19.2. The molecule has 0 aliphatic carbocycles. The lowest BCUT2D eigenvalue weighted by Gasteiger charge is -2.37. The average Bonchev–Trinajstić information content (AvgIpc) is 3.06. The zero-order valence-corrected chi connectivity index (χ0v) is 17.6. The molecule has 0 saturated carbocycles. The van der Waals surface area contributed by atoms with Crippen molar-refractivity contribution >= 4 is 23.5 Å². The average molecular weight is 487 g/mol. The summed E-state index contributed by atoms with van der Waals surface area (Å²) < 4.78 is 63.5. The molecule has 14 heteroatoms. The number of nitrogens with zero attached hydrogens (tertiary/aromatic N) is 2. The highest BCUT2D eigenvalue weighted by Crippen LogP contribution is 2.33. The van der Waals surface area contributed by atoms with Crippen LogP contribution < -0.4 is 10.2 Å². The van der Waals surface area contributed by atoms with Crippen LogP contribution >= 0.6 is 0 Å². The van der Waals surface area contributed by atoms with Gasteiger partial charge in [-0.25, -0.2) is 14.6 Å². The van der Waals surface area contributed by atoms with Crippen LogP contribution in [0.2, 0.25) is 0 Å². The molecule has 3 rings (SSSR count). The maximum Gasteiger partial charge on any atom is 0.490 e. The van der Waals surface area contributed by atoms with Crippen LogP contribution in [0.3, 0.4) is 0 Å². The molecule has 0 amide bonds. The molecule has 0 aromatic carbocycles. The molecule has 8 nitrogen and oxygen atoms in total. The van der Waals surface area contributed by atoms with Crippen molar-refractivity contribution < 1.29 is 50.9 Å². The smallest absolute Gasteiger partial charge is 0.475 e. The van der Waals surface area contributed by atoms with Crippen molar-refractivity contribution in [1.29, 1.82) is 0 Å². The number of alkyl halides is 6. The van der Waals surface area contributed by atoms with Crippen LogP contribution in [-0.2, 0) is 16.0 Å². The Labute approximate surface area is 184 Å². The highest BCUT2D eigenvalue weighted by molar-refractivity contribution is 5.94. The third-order valence-corrected chi connectivity index (χ3v) is 4.59. The van der Waals surface area contributed by atoms with Crippen LogP contribution in [0.1, 0.15) is 42.7 Å². The molecular formula is C19H23F6N3O5. The van der Waals surface area contributed by atoms with Crippen LogP contribution in [0.4, 0.5) is 32.2 Å². The van der Waals surface area contributed by atoms with Gasteiger partial charge < -0.3 is 20.4 Å². The van der Waals surface area contributed by atoms with Gasteiger partial charge in [0.1, 0.15) is 11.5 Å². The van der Waals surface area contributed by atoms with Crippen molar-refractivity contribution in [1.82, 2.24) is 10.3 Å². The first-order chi connectivity index (χ1) is 15.1. The van der Waals surface area contributed by atoms with E-state index < -0.39 is 24.3 Å². The molecule has 2 aliphatic heterocycles. The fourth-order valence-corrected chi connectivity index (χ4v) is 3.19. The lowest BCUT2D eigenvalue weighted by Crippen LogP contribution is -2.55. The molecule has 3 heterocycles. The van der Waals surface area contributed by atoms with Gasteiger partial charge >= 0.3 is 24.3 Å². The number of aromatic nitrogens is 1. The van der Waals surface area contributed by atoms with E-state index in [1.165, 1.54) is 5.56 Å². The topological polar surface area (TPSA) is 120 Å². The first-order valence-corrected chi connectivity index (χ1v) is 9.71. The van der Waals surface area contributed by atoms with Gasteiger partial charge in [0.2, 0.25) is 0 Å². The van der Waals surface area contributed by atoms with E-state index in [0.29, 0.717) is 24.2 Å². The summed E-state index contributed by atoms with van der Waals surface area (Å²) in [6.45, 7) is 6.25. The molecule has 2 atom stereocenters. The van der Waals surface area contributed by atoms with Crippen molar-refractivity contribution in [2.75, 3.05) is 18.0 Å². The Morgan fingerprint density at radius 2 is 1.58 bits per heavy atom. The predicted molar refractivity (Wildman–Crippen MR) is 103 cm³/mol. The van der Waals surface area contributed by atoms with Crippen LogP contribution in [-0.4, -0.2) is 70.4 Å². The number of hydrogen-bond donors (Lipinski definition) is 3. The second kappa shape index (κ2) is 11.3. The molecule has 0 bridgehead atoms. The number of carboxylic acid groups (broad SMARTS) is 2. The Hall–Kier alpha value is -2.90. The largest absolute Gasteiger partial charge is 0.490 e. The molecule has 2 aliphatic rings. The summed E-state index contributed by atoms with van der Waals surface area (Å²) in [6.07, 6.45) is -7.65. The van der Waals surface area contributed by atoms with Gasteiger partial charge in [0, 0.05) is 31.6 Å². The van der Waals surface area contributed by atoms with E-state index in [-0.39, 0.29) is 5.78 Å². The number of rotatable bonds is 3. The lowest BCUT2D eigenvalue weighted by molar-refractivity contribution is -0.193. The van der Waals surface area contributed by atoms with E-state index in [1.807, 2.05) is 13.0 Å². The van der Waals surface area contributed by atoms with Gasteiger partial charge in [-0.2, -0.15) is 26.3 Å². The van der Waals surface area contributed by atoms with Gasteiger partial charge in [-0.1, -0.05) is 13.0 Å². The minimum absolute atomic E-state index is 0.163. The van der Waals surface area contributed by atoms with Crippen LogP contribution in [0, 0.1) is 0 Å². The molecule has 1 aromatic rings. The first-order valence-electron chi connectivity index (χ1n) is 9.71. The van der Waals surface area contributed by atoms with Crippen LogP contribution in [0.5, 0.6) is 0 Å². The third kappa shape index (κ3) is 8.18. The Balaban J connectivity index is 0.000000324. The highest BCUT2D eigenvalue weighted by atomic mass is 19.4. The first kappa shape index (κ1) is 28.1. The molecule has 186 valence electrons. The second-order valence-electron chi connectivity index (χ2n) is 7.23. The van der Waals surface area contributed by atoms with Gasteiger partial charge in [0.15, 0.2) is 5.78 Å². The fourth-order valence-electron chi connectivity index (χ4n) is 3.19. The standard InChI is InChI=1S/C15H21N3O.2C2HF3O2/c1-3-4-14(19)13-6-5-11-7-12-9-16-8-10(2)18(12)15(11)17-13;2*3-2(4,5)1(6)7/h5-6,10,12,16H,3-4,7-9H2,1-2H3;2*(H,6,7)/t10-,12-;;/m1../s1. The molecule has 1 fully saturated rings. The molecular weight excluding hydrogens is 464 g/mol. The number of anilines is 1. The zero-order valence-electron chi connectivity index (χ0n) is 17.6. The Morgan fingerprint density at radius 3 is 2.03 bits per heavy atom. The summed E-state index contributed by atoms with van der Waals surface area (Å²) in [4.78, 5) is 36.8. The Kier molecular flexibility index (Phi) is 9.63. The number of nitrogens with one attached hydrogen (secondary N) is 1. The van der Waals surface area contributed by atoms with Crippen LogP contribution in [0.15, 0.2) is 12.1 Å². The minimum atomic E-state index is -5.08. The van der Waals surface area contributed by atoms with Crippen molar-refractivity contribution in [2.24, 2.45) is 0 Å². The van der Waals surface area contributed by atoms with E-state index in [4.69, 9.17) is 19.8 Å². The monoisotopic (exact) mass is 487 g/mol. The quantitative estimate of drug-likeness (QED) is 0.440. The Bertz CT molecular complexity index is 835. The molecule has 0 unspecified atom stereocenters. The fraction of sp³-hybridized carbons (Fsp3) is 0.579. The van der Waals surface area contributed by atoms with E-state index >= 15 is 0 Å². The van der Waals surface area contributed by atoms with Crippen LogP contribution in [0.25, 0.3) is 0 Å². The highest BCUT2D eigenvalue weighted by Gasteiger charge is 2.39. The maximum atomic E-state index is 12.0. The second-order valence-corrected chi connectivity index (χ2v) is 7.23. The minimum Gasteiger partial charge on any atom is -0.475 e. The summed E-state index contributed by atoms with van der Waals surface area (Å²) in [5.74, 6) is -4.31. The number of carbonyl (C=O) groups excluding carboxylic acids is 1. The number of halogens is 6. The number of piperazine rings is 1. The van der Waals surface area contributed by atoms with Gasteiger partial charge in [0.25, 0.3) is 0 Å². The van der Waals surface area contributed by atoms with Gasteiger partial charge in [-0.3, -0.25) is 4.79 Å². The van der Waals surface area contributed by atoms with Crippen molar-refractivity contribution in [3.8, 4) is 0 Å². The zero-order chi connectivity index (χ0) is 25.6. The third-order valence-electron chi connectivity index (χ3n) is 4.59. The van der Waals surface area contributed by atoms with Gasteiger partial charge in [-0.05, 0) is 31.4 Å². The summed E-state index contributed by atoms with van der Waals surface area (Å²) in [5.41, 5.74) is 1.92.